The number of allylic oxidation sites excluding steroid dienone is 1. The SMILES string of the molecule is CC(C)(C)CC1=Cc2c3c(ccc2=C1)=c1ccccc1=C3. The zero-order valence-corrected chi connectivity index (χ0v) is 12.9. The summed E-state index contributed by atoms with van der Waals surface area (Å²) in [7, 11) is 0. The minimum Gasteiger partial charge on any atom is -0.0616 e. The van der Waals surface area contributed by atoms with E-state index in [1.807, 2.05) is 0 Å². The van der Waals surface area contributed by atoms with Crippen LogP contribution in [0.1, 0.15) is 38.3 Å². The summed E-state index contributed by atoms with van der Waals surface area (Å²) in [6.45, 7) is 6.91. The number of rotatable bonds is 1. The second kappa shape index (κ2) is 4.21. The molecule has 21 heavy (non-hydrogen) atoms. The minimum atomic E-state index is 0.334. The van der Waals surface area contributed by atoms with Gasteiger partial charge in [-0.25, -0.2) is 0 Å². The molecular weight excluding hydrogens is 252 g/mol. The van der Waals surface area contributed by atoms with Gasteiger partial charge in [0.2, 0.25) is 0 Å². The van der Waals surface area contributed by atoms with Crippen molar-refractivity contribution in [1.29, 1.82) is 0 Å². The number of hydrogen-bond donors (Lipinski definition) is 0. The lowest BCUT2D eigenvalue weighted by atomic mass is 9.88. The maximum atomic E-state index is 2.39. The van der Waals surface area contributed by atoms with Crippen LogP contribution in [0.25, 0.3) is 18.2 Å². The van der Waals surface area contributed by atoms with Crippen molar-refractivity contribution in [2.24, 2.45) is 5.41 Å². The van der Waals surface area contributed by atoms with E-state index in [2.05, 4.69) is 75.4 Å². The molecule has 2 aromatic rings. The maximum absolute atomic E-state index is 2.39. The van der Waals surface area contributed by atoms with Gasteiger partial charge in [-0.05, 0) is 55.5 Å². The summed E-state index contributed by atoms with van der Waals surface area (Å²) in [5.41, 5.74) is 4.59. The first-order valence-electron chi connectivity index (χ1n) is 7.68. The molecule has 0 fully saturated rings. The molecule has 2 aliphatic rings. The fourth-order valence-electron chi connectivity index (χ4n) is 3.50. The van der Waals surface area contributed by atoms with Crippen molar-refractivity contribution in [1.82, 2.24) is 0 Å². The minimum absolute atomic E-state index is 0.334. The Kier molecular flexibility index (Phi) is 2.53. The van der Waals surface area contributed by atoms with Gasteiger partial charge in [0.1, 0.15) is 0 Å². The van der Waals surface area contributed by atoms with Gasteiger partial charge in [0.05, 0.1) is 0 Å². The van der Waals surface area contributed by atoms with E-state index < -0.39 is 0 Å². The molecule has 0 radical (unpaired) electrons. The Morgan fingerprint density at radius 1 is 0.714 bits per heavy atom. The van der Waals surface area contributed by atoms with E-state index >= 15 is 0 Å². The van der Waals surface area contributed by atoms with Crippen LogP contribution in [0.4, 0.5) is 0 Å². The zero-order valence-electron chi connectivity index (χ0n) is 12.9. The topological polar surface area (TPSA) is 0 Å². The average molecular weight is 272 g/mol. The largest absolute Gasteiger partial charge is 0.0616 e. The van der Waals surface area contributed by atoms with Gasteiger partial charge in [-0.15, -0.1) is 0 Å². The van der Waals surface area contributed by atoms with Crippen molar-refractivity contribution in [2.45, 2.75) is 27.2 Å². The molecule has 0 heteroatoms. The summed E-state index contributed by atoms with van der Waals surface area (Å²) in [6.07, 6.45) is 8.22. The number of benzene rings is 2. The van der Waals surface area contributed by atoms with E-state index in [9.17, 15) is 0 Å². The van der Waals surface area contributed by atoms with Crippen LogP contribution in [0.3, 0.4) is 0 Å². The average Bonchev–Trinajstić information content (AvgIpc) is 2.96. The molecule has 0 heterocycles. The van der Waals surface area contributed by atoms with Crippen molar-refractivity contribution >= 4 is 18.2 Å². The Morgan fingerprint density at radius 2 is 1.52 bits per heavy atom. The second-order valence-electron chi connectivity index (χ2n) is 7.36. The smallest absolute Gasteiger partial charge is 0.00929 e. The maximum Gasteiger partial charge on any atom is -0.00929 e. The van der Waals surface area contributed by atoms with Gasteiger partial charge in [0.15, 0.2) is 0 Å². The van der Waals surface area contributed by atoms with Crippen LogP contribution in [-0.4, -0.2) is 0 Å². The molecule has 0 aromatic heterocycles. The van der Waals surface area contributed by atoms with Gasteiger partial charge in [-0.1, -0.05) is 69.3 Å². The molecule has 0 atom stereocenters. The van der Waals surface area contributed by atoms with Crippen molar-refractivity contribution < 1.29 is 0 Å². The molecule has 0 saturated carbocycles. The molecule has 4 rings (SSSR count). The van der Waals surface area contributed by atoms with Gasteiger partial charge in [0, 0.05) is 0 Å². The molecular formula is C21H20. The third-order valence-corrected chi connectivity index (χ3v) is 4.28. The van der Waals surface area contributed by atoms with Crippen LogP contribution in [0.5, 0.6) is 0 Å². The van der Waals surface area contributed by atoms with Crippen LogP contribution in [-0.2, 0) is 0 Å². The Labute approximate surface area is 125 Å². The predicted octanol–water partition coefficient (Wildman–Crippen LogP) is 3.73. The third-order valence-electron chi connectivity index (χ3n) is 4.28. The van der Waals surface area contributed by atoms with Gasteiger partial charge >= 0.3 is 0 Å². The molecule has 0 bridgehead atoms. The van der Waals surface area contributed by atoms with E-state index in [1.165, 1.54) is 37.6 Å². The zero-order chi connectivity index (χ0) is 14.6. The summed E-state index contributed by atoms with van der Waals surface area (Å²) in [5, 5.41) is 5.47. The van der Waals surface area contributed by atoms with Gasteiger partial charge < -0.3 is 0 Å². The highest BCUT2D eigenvalue weighted by molar-refractivity contribution is 5.79. The fourth-order valence-corrected chi connectivity index (χ4v) is 3.50. The molecule has 2 aliphatic carbocycles. The predicted molar refractivity (Wildman–Crippen MR) is 89.9 cm³/mol. The van der Waals surface area contributed by atoms with E-state index in [4.69, 9.17) is 0 Å². The first-order valence-corrected chi connectivity index (χ1v) is 7.68. The molecule has 0 nitrogen and oxygen atoms in total. The first kappa shape index (κ1) is 12.6. The van der Waals surface area contributed by atoms with Crippen LogP contribution < -0.4 is 10.4 Å². The summed E-state index contributed by atoms with van der Waals surface area (Å²) >= 11 is 0. The summed E-state index contributed by atoms with van der Waals surface area (Å²) in [6, 6.07) is 13.2. The highest BCUT2D eigenvalue weighted by Crippen LogP contribution is 2.29. The lowest BCUT2D eigenvalue weighted by molar-refractivity contribution is 0.416. The lowest BCUT2D eigenvalue weighted by Crippen LogP contribution is -2.05. The molecule has 0 saturated heterocycles. The summed E-state index contributed by atoms with van der Waals surface area (Å²) in [4.78, 5) is 0. The Hall–Kier alpha value is -2.08. The third kappa shape index (κ3) is 2.06. The van der Waals surface area contributed by atoms with Crippen LogP contribution in [0.15, 0.2) is 42.0 Å². The monoisotopic (exact) mass is 272 g/mol. The molecule has 0 unspecified atom stereocenters. The highest BCUT2D eigenvalue weighted by atomic mass is 14.2. The standard InChI is InChI=1S/C21H20/c1-21(2,3)13-14-10-16-8-9-18-17-7-5-4-6-15(17)12-20(18)19(16)11-14/h4-12H,13H2,1-3H3. The Balaban J connectivity index is 1.95. The Bertz CT molecular complexity index is 980. The Morgan fingerprint density at radius 3 is 2.33 bits per heavy atom. The quantitative estimate of drug-likeness (QED) is 0.633. The van der Waals surface area contributed by atoms with E-state index in [-0.39, 0.29) is 0 Å². The van der Waals surface area contributed by atoms with Gasteiger partial charge in [0.25, 0.3) is 0 Å². The molecule has 2 aromatic carbocycles. The van der Waals surface area contributed by atoms with E-state index in [1.54, 1.807) is 0 Å². The number of fused-ring (bicyclic) bond motifs is 4. The molecule has 0 amide bonds. The summed E-state index contributed by atoms with van der Waals surface area (Å²) in [5.74, 6) is 0. The fraction of sp³-hybridized carbons (Fsp3) is 0.238. The van der Waals surface area contributed by atoms with Gasteiger partial charge in [-0.2, -0.15) is 0 Å². The van der Waals surface area contributed by atoms with E-state index in [0.717, 1.165) is 6.42 Å². The highest BCUT2D eigenvalue weighted by Gasteiger charge is 2.17. The van der Waals surface area contributed by atoms with E-state index in [0.29, 0.717) is 5.41 Å². The number of hydrogen-bond acceptors (Lipinski definition) is 0. The molecule has 0 spiro atoms. The van der Waals surface area contributed by atoms with Gasteiger partial charge in [-0.3, -0.25) is 0 Å². The van der Waals surface area contributed by atoms with Crippen molar-refractivity contribution in [3.05, 3.63) is 74.0 Å². The van der Waals surface area contributed by atoms with Crippen molar-refractivity contribution in [2.75, 3.05) is 0 Å². The van der Waals surface area contributed by atoms with Crippen LogP contribution >= 0.6 is 0 Å². The molecule has 0 N–H and O–H groups in total. The summed E-state index contributed by atoms with van der Waals surface area (Å²) < 4.78 is 0. The van der Waals surface area contributed by atoms with Crippen molar-refractivity contribution in [3.8, 4) is 0 Å². The van der Waals surface area contributed by atoms with Crippen LogP contribution in [0, 0.1) is 15.9 Å². The normalized spacial score (nSPS) is 14.7. The first-order chi connectivity index (χ1) is 10.0. The molecule has 0 aliphatic heterocycles. The second-order valence-corrected chi connectivity index (χ2v) is 7.36. The molecule has 104 valence electrons. The lowest BCUT2D eigenvalue weighted by Gasteiger charge is -2.17. The van der Waals surface area contributed by atoms with Crippen LogP contribution in [0.2, 0.25) is 0 Å². The van der Waals surface area contributed by atoms with Crippen molar-refractivity contribution in [3.63, 3.8) is 0 Å².